The average Bonchev–Trinajstić information content (AvgIpc) is 2.73. The van der Waals surface area contributed by atoms with E-state index in [2.05, 4.69) is 15.3 Å². The van der Waals surface area contributed by atoms with Gasteiger partial charge in [-0.1, -0.05) is 12.1 Å². The second kappa shape index (κ2) is 8.14. The van der Waals surface area contributed by atoms with E-state index in [1.54, 1.807) is 11.8 Å². The summed E-state index contributed by atoms with van der Waals surface area (Å²) in [5, 5.41) is 3.35. The molecule has 6 nitrogen and oxygen atoms in total. The van der Waals surface area contributed by atoms with Gasteiger partial charge in [0.25, 0.3) is 5.56 Å². The van der Waals surface area contributed by atoms with Gasteiger partial charge < -0.3 is 5.32 Å². The lowest BCUT2D eigenvalue weighted by atomic mass is 9.95. The maximum atomic E-state index is 12.8. The number of nitrogens with one attached hydrogen (secondary N) is 1. The van der Waals surface area contributed by atoms with Crippen LogP contribution in [0.25, 0.3) is 11.0 Å². The molecule has 7 heteroatoms. The molecule has 0 atom stereocenters. The van der Waals surface area contributed by atoms with Gasteiger partial charge in [-0.15, -0.1) is 11.8 Å². The van der Waals surface area contributed by atoms with Crippen LogP contribution >= 0.6 is 11.8 Å². The van der Waals surface area contributed by atoms with Crippen LogP contribution in [0.3, 0.4) is 0 Å². The number of amides is 1. The molecule has 2 heterocycles. The van der Waals surface area contributed by atoms with Gasteiger partial charge in [-0.3, -0.25) is 14.2 Å². The van der Waals surface area contributed by atoms with Crippen LogP contribution in [0.1, 0.15) is 29.7 Å². The molecule has 2 aromatic heterocycles. The molecule has 1 aliphatic rings. The van der Waals surface area contributed by atoms with Gasteiger partial charge in [-0.2, -0.15) is 0 Å². The zero-order valence-electron chi connectivity index (χ0n) is 15.8. The summed E-state index contributed by atoms with van der Waals surface area (Å²) in [5.74, 6) is -0.219. The largest absolute Gasteiger partial charge is 0.350 e. The third kappa shape index (κ3) is 3.94. The average molecular weight is 395 g/mol. The van der Waals surface area contributed by atoms with Gasteiger partial charge >= 0.3 is 0 Å². The number of benzene rings is 1. The number of rotatable bonds is 5. The van der Waals surface area contributed by atoms with Crippen molar-refractivity contribution in [2.75, 3.05) is 6.26 Å². The zero-order chi connectivity index (χ0) is 19.5. The maximum absolute atomic E-state index is 12.8. The number of nitrogens with zero attached hydrogens (tertiary/aromatic N) is 3. The van der Waals surface area contributed by atoms with E-state index in [-0.39, 0.29) is 18.0 Å². The first-order chi connectivity index (χ1) is 13.6. The Hall–Kier alpha value is -2.67. The minimum Gasteiger partial charge on any atom is -0.350 e. The minimum absolute atomic E-state index is 0.0538. The lowest BCUT2D eigenvalue weighted by Gasteiger charge is -2.15. The fourth-order valence-electron chi connectivity index (χ4n) is 3.48. The number of hydrogen-bond donors (Lipinski definition) is 1. The molecule has 0 aliphatic heterocycles. The Bertz CT molecular complexity index is 1080. The van der Waals surface area contributed by atoms with Crippen LogP contribution in [0, 0.1) is 0 Å². The van der Waals surface area contributed by atoms with E-state index in [4.69, 9.17) is 0 Å². The van der Waals surface area contributed by atoms with Crippen molar-refractivity contribution in [2.24, 2.45) is 0 Å². The van der Waals surface area contributed by atoms with E-state index in [0.717, 1.165) is 42.5 Å². The molecule has 1 amide bonds. The van der Waals surface area contributed by atoms with E-state index in [9.17, 15) is 9.59 Å². The smallest absolute Gasteiger partial charge is 0.263 e. The molecule has 0 bridgehead atoms. The predicted molar refractivity (Wildman–Crippen MR) is 111 cm³/mol. The Morgan fingerprint density at radius 2 is 2.00 bits per heavy atom. The molecule has 0 saturated heterocycles. The quantitative estimate of drug-likeness (QED) is 0.674. The number of carbonyl (C=O) groups is 1. The molecule has 0 spiro atoms. The Balaban J connectivity index is 1.48. The van der Waals surface area contributed by atoms with Gasteiger partial charge in [0.05, 0.1) is 5.39 Å². The summed E-state index contributed by atoms with van der Waals surface area (Å²) in [6.07, 6.45) is 7.58. The lowest BCUT2D eigenvalue weighted by Crippen LogP contribution is -2.32. The molecule has 144 valence electrons. The number of thioether (sulfide) groups is 1. The molecule has 0 radical (unpaired) electrons. The summed E-state index contributed by atoms with van der Waals surface area (Å²) >= 11 is 1.68. The number of aromatic nitrogens is 3. The Kier molecular flexibility index (Phi) is 5.43. The highest BCUT2D eigenvalue weighted by molar-refractivity contribution is 7.98. The number of carbonyl (C=O) groups excluding carboxylic acids is 1. The molecular formula is C21H22N4O2S. The van der Waals surface area contributed by atoms with Gasteiger partial charge in [0.1, 0.15) is 12.9 Å². The molecule has 3 aromatic rings. The number of hydrogen-bond acceptors (Lipinski definition) is 5. The Morgan fingerprint density at radius 1 is 1.21 bits per heavy atom. The first-order valence-electron chi connectivity index (χ1n) is 9.41. The van der Waals surface area contributed by atoms with Crippen LogP contribution in [0.15, 0.2) is 46.3 Å². The normalized spacial score (nSPS) is 13.3. The minimum atomic E-state index is -0.219. The van der Waals surface area contributed by atoms with Gasteiger partial charge in [-0.25, -0.2) is 9.97 Å². The number of fused-ring (bicyclic) bond motifs is 2. The summed E-state index contributed by atoms with van der Waals surface area (Å²) in [4.78, 5) is 35.2. The second-order valence-corrected chi connectivity index (χ2v) is 7.85. The van der Waals surface area contributed by atoms with Crippen LogP contribution in [-0.4, -0.2) is 26.7 Å². The van der Waals surface area contributed by atoms with Crippen molar-refractivity contribution < 1.29 is 4.79 Å². The summed E-state index contributed by atoms with van der Waals surface area (Å²) in [6.45, 7) is 0.375. The molecule has 0 unspecified atom stereocenters. The highest BCUT2D eigenvalue weighted by atomic mass is 32.2. The van der Waals surface area contributed by atoms with E-state index >= 15 is 0 Å². The van der Waals surface area contributed by atoms with Crippen LogP contribution < -0.4 is 10.9 Å². The molecule has 1 N–H and O–H groups in total. The van der Waals surface area contributed by atoms with Crippen molar-refractivity contribution in [1.82, 2.24) is 19.9 Å². The van der Waals surface area contributed by atoms with Gasteiger partial charge in [0, 0.05) is 17.1 Å². The SMILES string of the molecule is CSc1ccc(CNC(=O)Cn2cnc3nc4c(cc3c2=O)CCCC4)cc1. The first-order valence-corrected chi connectivity index (χ1v) is 10.6. The summed E-state index contributed by atoms with van der Waals surface area (Å²) in [6, 6.07) is 9.94. The van der Waals surface area contributed by atoms with Gasteiger partial charge in [0.15, 0.2) is 5.65 Å². The Labute approximate surface area is 167 Å². The van der Waals surface area contributed by atoms with Crippen molar-refractivity contribution in [3.63, 3.8) is 0 Å². The van der Waals surface area contributed by atoms with E-state index in [1.165, 1.54) is 15.8 Å². The number of aryl methyl sites for hydroxylation is 2. The van der Waals surface area contributed by atoms with Crippen LogP contribution in [0.2, 0.25) is 0 Å². The van der Waals surface area contributed by atoms with E-state index in [1.807, 2.05) is 36.6 Å². The number of pyridine rings is 1. The van der Waals surface area contributed by atoms with Crippen molar-refractivity contribution in [3.05, 3.63) is 63.8 Å². The van der Waals surface area contributed by atoms with Crippen LogP contribution in [0.4, 0.5) is 0 Å². The predicted octanol–water partition coefficient (Wildman–Crippen LogP) is 2.71. The third-order valence-corrected chi connectivity index (χ3v) is 5.80. The standard InChI is InChI=1S/C21H22N4O2S/c1-28-16-8-6-14(7-9-16)11-22-19(26)12-25-13-23-20-17(21(25)27)10-15-4-2-3-5-18(15)24-20/h6-10,13H,2-5,11-12H2,1H3,(H,22,26). The third-order valence-electron chi connectivity index (χ3n) is 5.05. The highest BCUT2D eigenvalue weighted by Crippen LogP contribution is 2.21. The summed E-state index contributed by atoms with van der Waals surface area (Å²) < 4.78 is 1.35. The van der Waals surface area contributed by atoms with E-state index < -0.39 is 0 Å². The zero-order valence-corrected chi connectivity index (χ0v) is 16.6. The molecule has 1 aliphatic carbocycles. The van der Waals surface area contributed by atoms with Crippen molar-refractivity contribution in [1.29, 1.82) is 0 Å². The van der Waals surface area contributed by atoms with Crippen LogP contribution in [-0.2, 0) is 30.7 Å². The molecule has 0 fully saturated rings. The molecule has 1 aromatic carbocycles. The molecular weight excluding hydrogens is 372 g/mol. The van der Waals surface area contributed by atoms with Gasteiger partial charge in [0.2, 0.25) is 5.91 Å². The highest BCUT2D eigenvalue weighted by Gasteiger charge is 2.15. The van der Waals surface area contributed by atoms with Crippen molar-refractivity contribution >= 4 is 28.7 Å². The van der Waals surface area contributed by atoms with Crippen molar-refractivity contribution in [3.8, 4) is 0 Å². The first kappa shape index (κ1) is 18.7. The fourth-order valence-corrected chi connectivity index (χ4v) is 3.89. The van der Waals surface area contributed by atoms with Crippen LogP contribution in [0.5, 0.6) is 0 Å². The fraction of sp³-hybridized carbons (Fsp3) is 0.333. The van der Waals surface area contributed by atoms with Gasteiger partial charge in [-0.05, 0) is 61.3 Å². The molecule has 4 rings (SSSR count). The molecule has 0 saturated carbocycles. The summed E-state index contributed by atoms with van der Waals surface area (Å²) in [5.41, 5.74) is 3.45. The summed E-state index contributed by atoms with van der Waals surface area (Å²) in [7, 11) is 0. The molecule has 28 heavy (non-hydrogen) atoms. The Morgan fingerprint density at radius 3 is 2.79 bits per heavy atom. The maximum Gasteiger partial charge on any atom is 0.263 e. The lowest BCUT2D eigenvalue weighted by molar-refractivity contribution is -0.121. The van der Waals surface area contributed by atoms with Crippen molar-refractivity contribution in [2.45, 2.75) is 43.7 Å². The second-order valence-electron chi connectivity index (χ2n) is 6.97. The monoisotopic (exact) mass is 394 g/mol. The van der Waals surface area contributed by atoms with E-state index in [0.29, 0.717) is 17.6 Å². The topological polar surface area (TPSA) is 76.9 Å².